The molecule has 2 fully saturated rings. The fourth-order valence-electron chi connectivity index (χ4n) is 2.35. The largest absolute Gasteiger partial charge is 0.311 e. The molecule has 2 rings (SSSR count). The van der Waals surface area contributed by atoms with Gasteiger partial charge in [-0.15, -0.1) is 0 Å². The van der Waals surface area contributed by atoms with Gasteiger partial charge in [-0.1, -0.05) is 13.8 Å². The Balaban J connectivity index is 1.76. The number of hydrogen-bond acceptors (Lipinski definition) is 2. The van der Waals surface area contributed by atoms with Gasteiger partial charge in [0.25, 0.3) is 0 Å². The molecule has 0 aromatic rings. The van der Waals surface area contributed by atoms with Crippen LogP contribution in [0.25, 0.3) is 0 Å². The van der Waals surface area contributed by atoms with Gasteiger partial charge >= 0.3 is 0 Å². The Hall–Kier alpha value is -0.0800. The molecule has 2 atom stereocenters. The molecule has 0 aliphatic carbocycles. The van der Waals surface area contributed by atoms with Crippen molar-refractivity contribution in [1.82, 2.24) is 10.2 Å². The van der Waals surface area contributed by atoms with Crippen LogP contribution in [0.15, 0.2) is 0 Å². The molecule has 0 amide bonds. The van der Waals surface area contributed by atoms with E-state index in [1.54, 1.807) is 0 Å². The third-order valence-corrected chi connectivity index (χ3v) is 3.16. The molecule has 0 aromatic heterocycles. The first-order chi connectivity index (χ1) is 5.75. The van der Waals surface area contributed by atoms with Crippen LogP contribution in [-0.4, -0.2) is 36.6 Å². The minimum absolute atomic E-state index is 0.821. The average molecular weight is 168 g/mol. The average Bonchev–Trinajstić information content (AvgIpc) is 2.60. The molecule has 0 saturated carbocycles. The number of piperazine rings is 1. The molecule has 1 N–H and O–H groups in total. The quantitative estimate of drug-likeness (QED) is 0.678. The molecule has 2 bridgehead atoms. The summed E-state index contributed by atoms with van der Waals surface area (Å²) in [7, 11) is 0. The highest BCUT2D eigenvalue weighted by Crippen LogP contribution is 2.23. The predicted octanol–water partition coefficient (Wildman–Crippen LogP) is 1.08. The fraction of sp³-hybridized carbons (Fsp3) is 1.00. The van der Waals surface area contributed by atoms with Gasteiger partial charge in [-0.05, 0) is 25.3 Å². The van der Waals surface area contributed by atoms with Crippen LogP contribution in [0.3, 0.4) is 0 Å². The number of rotatable bonds is 3. The van der Waals surface area contributed by atoms with E-state index in [4.69, 9.17) is 0 Å². The summed E-state index contributed by atoms with van der Waals surface area (Å²) in [5.41, 5.74) is 0. The monoisotopic (exact) mass is 168 g/mol. The smallest absolute Gasteiger partial charge is 0.0236 e. The van der Waals surface area contributed by atoms with Crippen LogP contribution < -0.4 is 5.32 Å². The molecule has 70 valence electrons. The van der Waals surface area contributed by atoms with Gasteiger partial charge < -0.3 is 5.32 Å². The van der Waals surface area contributed by atoms with Crippen LogP contribution >= 0.6 is 0 Å². The molecule has 2 aliphatic heterocycles. The zero-order chi connectivity index (χ0) is 8.55. The number of nitrogens with zero attached hydrogens (tertiary/aromatic N) is 1. The summed E-state index contributed by atoms with van der Waals surface area (Å²) in [4.78, 5) is 2.67. The lowest BCUT2D eigenvalue weighted by atomic mass is 10.1. The Kier molecular flexibility index (Phi) is 2.37. The van der Waals surface area contributed by atoms with Crippen LogP contribution in [0.4, 0.5) is 0 Å². The second-order valence-corrected chi connectivity index (χ2v) is 4.67. The van der Waals surface area contributed by atoms with Crippen molar-refractivity contribution in [1.29, 1.82) is 0 Å². The molecule has 0 spiro atoms. The van der Waals surface area contributed by atoms with Gasteiger partial charge in [-0.25, -0.2) is 0 Å². The molecule has 2 aliphatic rings. The van der Waals surface area contributed by atoms with Crippen molar-refractivity contribution in [3.8, 4) is 0 Å². The molecule has 2 nitrogen and oxygen atoms in total. The number of fused-ring (bicyclic) bond motifs is 2. The summed E-state index contributed by atoms with van der Waals surface area (Å²) < 4.78 is 0. The van der Waals surface area contributed by atoms with Crippen molar-refractivity contribution in [2.45, 2.75) is 38.8 Å². The van der Waals surface area contributed by atoms with Gasteiger partial charge in [0.1, 0.15) is 0 Å². The third-order valence-electron chi connectivity index (χ3n) is 3.16. The summed E-state index contributed by atoms with van der Waals surface area (Å²) in [6, 6.07) is 1.69. The Morgan fingerprint density at radius 2 is 2.33 bits per heavy atom. The van der Waals surface area contributed by atoms with Gasteiger partial charge in [0, 0.05) is 25.2 Å². The van der Waals surface area contributed by atoms with Crippen molar-refractivity contribution in [3.63, 3.8) is 0 Å². The second kappa shape index (κ2) is 3.35. The van der Waals surface area contributed by atoms with E-state index in [0.717, 1.165) is 18.0 Å². The number of nitrogens with one attached hydrogen (secondary N) is 1. The van der Waals surface area contributed by atoms with E-state index in [0.29, 0.717) is 0 Å². The molecular formula is C10H20N2. The normalized spacial score (nSPS) is 35.2. The van der Waals surface area contributed by atoms with E-state index in [-0.39, 0.29) is 0 Å². The lowest BCUT2D eigenvalue weighted by Gasteiger charge is -2.27. The van der Waals surface area contributed by atoms with Crippen molar-refractivity contribution < 1.29 is 0 Å². The summed E-state index contributed by atoms with van der Waals surface area (Å²) >= 11 is 0. The fourth-order valence-corrected chi connectivity index (χ4v) is 2.35. The van der Waals surface area contributed by atoms with Gasteiger partial charge in [-0.2, -0.15) is 0 Å². The second-order valence-electron chi connectivity index (χ2n) is 4.67. The number of likely N-dealkylation sites (tertiary alicyclic amines) is 1. The van der Waals surface area contributed by atoms with Crippen molar-refractivity contribution in [2.75, 3.05) is 19.6 Å². The highest BCUT2D eigenvalue weighted by atomic mass is 15.3. The first-order valence-corrected chi connectivity index (χ1v) is 5.23. The summed E-state index contributed by atoms with van der Waals surface area (Å²) in [6.07, 6.45) is 2.77. The standard InChI is InChI=1S/C10H20N2/c1-8(2)3-4-12-7-9-5-10(12)6-11-9/h8-11H,3-7H2,1-2H3. The molecule has 2 heterocycles. The van der Waals surface area contributed by atoms with E-state index in [2.05, 4.69) is 24.1 Å². The van der Waals surface area contributed by atoms with Gasteiger partial charge in [-0.3, -0.25) is 4.90 Å². The van der Waals surface area contributed by atoms with Crippen LogP contribution in [-0.2, 0) is 0 Å². The van der Waals surface area contributed by atoms with Gasteiger partial charge in [0.05, 0.1) is 0 Å². The Labute approximate surface area is 75.3 Å². The van der Waals surface area contributed by atoms with E-state index in [1.165, 1.54) is 32.5 Å². The summed E-state index contributed by atoms with van der Waals surface area (Å²) in [5.74, 6) is 0.858. The third kappa shape index (κ3) is 1.64. The topological polar surface area (TPSA) is 15.3 Å². The van der Waals surface area contributed by atoms with Crippen LogP contribution in [0.2, 0.25) is 0 Å². The lowest BCUT2D eigenvalue weighted by Crippen LogP contribution is -2.44. The van der Waals surface area contributed by atoms with Crippen molar-refractivity contribution in [2.24, 2.45) is 5.92 Å². The van der Waals surface area contributed by atoms with E-state index in [1.807, 2.05) is 0 Å². The van der Waals surface area contributed by atoms with Gasteiger partial charge in [0.15, 0.2) is 0 Å². The highest BCUT2D eigenvalue weighted by molar-refractivity contribution is 4.97. The maximum Gasteiger partial charge on any atom is 0.0236 e. The van der Waals surface area contributed by atoms with Crippen molar-refractivity contribution >= 4 is 0 Å². The molecule has 0 aromatic carbocycles. The number of hydrogen-bond donors (Lipinski definition) is 1. The molecule has 12 heavy (non-hydrogen) atoms. The highest BCUT2D eigenvalue weighted by Gasteiger charge is 2.36. The van der Waals surface area contributed by atoms with Crippen LogP contribution in [0.1, 0.15) is 26.7 Å². The Morgan fingerprint density at radius 1 is 1.50 bits per heavy atom. The maximum atomic E-state index is 3.53. The van der Waals surface area contributed by atoms with E-state index < -0.39 is 0 Å². The maximum absolute atomic E-state index is 3.53. The minimum atomic E-state index is 0.821. The first kappa shape index (κ1) is 8.52. The molecule has 2 unspecified atom stereocenters. The summed E-state index contributed by atoms with van der Waals surface area (Å²) in [6.45, 7) is 8.49. The molecular weight excluding hydrogens is 148 g/mol. The zero-order valence-corrected chi connectivity index (χ0v) is 8.21. The molecule has 2 saturated heterocycles. The van der Waals surface area contributed by atoms with Crippen LogP contribution in [0.5, 0.6) is 0 Å². The SMILES string of the molecule is CC(C)CCN1CC2CC1CN2. The van der Waals surface area contributed by atoms with Crippen LogP contribution in [0, 0.1) is 5.92 Å². The summed E-state index contributed by atoms with van der Waals surface area (Å²) in [5, 5.41) is 3.53. The first-order valence-electron chi connectivity index (χ1n) is 5.23. The van der Waals surface area contributed by atoms with E-state index in [9.17, 15) is 0 Å². The molecule has 2 heteroatoms. The minimum Gasteiger partial charge on any atom is -0.311 e. The Morgan fingerprint density at radius 3 is 2.83 bits per heavy atom. The molecule has 0 radical (unpaired) electrons. The zero-order valence-electron chi connectivity index (χ0n) is 8.21. The van der Waals surface area contributed by atoms with Crippen molar-refractivity contribution in [3.05, 3.63) is 0 Å². The lowest BCUT2D eigenvalue weighted by molar-refractivity contribution is 0.214. The van der Waals surface area contributed by atoms with Gasteiger partial charge in [0.2, 0.25) is 0 Å². The Bertz CT molecular complexity index is 156. The predicted molar refractivity (Wildman–Crippen MR) is 51.2 cm³/mol. The van der Waals surface area contributed by atoms with E-state index >= 15 is 0 Å².